The third-order valence-electron chi connectivity index (χ3n) is 4.05. The first-order valence-corrected chi connectivity index (χ1v) is 8.17. The summed E-state index contributed by atoms with van der Waals surface area (Å²) in [6.45, 7) is 5.53. The van der Waals surface area contributed by atoms with Crippen molar-refractivity contribution in [2.75, 3.05) is 13.2 Å². The van der Waals surface area contributed by atoms with Gasteiger partial charge < -0.3 is 9.84 Å². The molecule has 4 heteroatoms. The summed E-state index contributed by atoms with van der Waals surface area (Å²) >= 11 is 3.39. The first-order valence-electron chi connectivity index (χ1n) is 7.38. The number of ether oxygens (including phenoxy) is 1. The molecule has 3 atom stereocenters. The van der Waals surface area contributed by atoms with Gasteiger partial charge >= 0.3 is 0 Å². The lowest BCUT2D eigenvalue weighted by molar-refractivity contribution is 0.0209. The van der Waals surface area contributed by atoms with Gasteiger partial charge in [-0.3, -0.25) is 4.90 Å². The number of aliphatic hydroxyl groups excluding tert-OH is 1. The zero-order chi connectivity index (χ0) is 14.5. The van der Waals surface area contributed by atoms with E-state index in [1.165, 1.54) is 19.3 Å². The van der Waals surface area contributed by atoms with Crippen LogP contribution < -0.4 is 4.74 Å². The highest BCUT2D eigenvalue weighted by atomic mass is 79.9. The number of rotatable bonds is 5. The number of hydrogen-bond donors (Lipinski definition) is 1. The lowest BCUT2D eigenvalue weighted by Gasteiger charge is -2.40. The van der Waals surface area contributed by atoms with Gasteiger partial charge in [-0.2, -0.15) is 0 Å². The van der Waals surface area contributed by atoms with Crippen LogP contribution in [-0.2, 0) is 0 Å². The summed E-state index contributed by atoms with van der Waals surface area (Å²) in [4.78, 5) is 2.40. The molecule has 3 unspecified atom stereocenters. The van der Waals surface area contributed by atoms with Crippen molar-refractivity contribution in [2.45, 2.75) is 51.3 Å². The molecular formula is C16H24BrNO2. The van der Waals surface area contributed by atoms with Crippen LogP contribution in [0.2, 0.25) is 0 Å². The molecule has 1 N–H and O–H groups in total. The van der Waals surface area contributed by atoms with Crippen molar-refractivity contribution in [3.05, 3.63) is 28.7 Å². The molecule has 112 valence electrons. The number of benzene rings is 1. The van der Waals surface area contributed by atoms with Gasteiger partial charge in [0.2, 0.25) is 0 Å². The first-order chi connectivity index (χ1) is 9.56. The molecule has 0 amide bonds. The van der Waals surface area contributed by atoms with Gasteiger partial charge in [-0.1, -0.05) is 22.4 Å². The fourth-order valence-corrected chi connectivity index (χ4v) is 3.12. The van der Waals surface area contributed by atoms with Gasteiger partial charge in [0.1, 0.15) is 18.5 Å². The largest absolute Gasteiger partial charge is 0.491 e. The lowest BCUT2D eigenvalue weighted by atomic mass is 9.97. The zero-order valence-electron chi connectivity index (χ0n) is 12.3. The van der Waals surface area contributed by atoms with E-state index >= 15 is 0 Å². The van der Waals surface area contributed by atoms with Gasteiger partial charge in [-0.15, -0.1) is 0 Å². The van der Waals surface area contributed by atoms with Gasteiger partial charge in [0.25, 0.3) is 0 Å². The summed E-state index contributed by atoms with van der Waals surface area (Å²) in [6, 6.07) is 8.81. The molecule has 3 nitrogen and oxygen atoms in total. The first kappa shape index (κ1) is 15.8. The maximum atomic E-state index is 10.2. The van der Waals surface area contributed by atoms with E-state index in [1.807, 2.05) is 24.3 Å². The molecule has 1 aromatic rings. The normalized spacial score (nSPS) is 25.4. The van der Waals surface area contributed by atoms with Crippen molar-refractivity contribution in [1.82, 2.24) is 4.90 Å². The maximum absolute atomic E-state index is 10.2. The Balaban J connectivity index is 1.79. The number of aliphatic hydroxyl groups is 1. The molecule has 1 saturated heterocycles. The number of likely N-dealkylation sites (tertiary alicyclic amines) is 1. The Labute approximate surface area is 130 Å². The Kier molecular flexibility index (Phi) is 5.87. The second-order valence-corrected chi connectivity index (χ2v) is 6.66. The van der Waals surface area contributed by atoms with Crippen LogP contribution in [0.25, 0.3) is 0 Å². The minimum absolute atomic E-state index is 0.345. The van der Waals surface area contributed by atoms with Crippen LogP contribution in [0.4, 0.5) is 0 Å². The van der Waals surface area contributed by atoms with E-state index in [2.05, 4.69) is 34.7 Å². The summed E-state index contributed by atoms with van der Waals surface area (Å²) in [7, 11) is 0. The maximum Gasteiger partial charge on any atom is 0.119 e. The van der Waals surface area contributed by atoms with E-state index < -0.39 is 6.10 Å². The predicted molar refractivity (Wildman–Crippen MR) is 85.1 cm³/mol. The Morgan fingerprint density at radius 2 is 1.85 bits per heavy atom. The SMILES string of the molecule is CC1CCCC(C)N1CC(O)COc1ccc(Br)cc1. The van der Waals surface area contributed by atoms with Gasteiger partial charge in [0.15, 0.2) is 0 Å². The van der Waals surface area contributed by atoms with Crippen molar-refractivity contribution < 1.29 is 9.84 Å². The second-order valence-electron chi connectivity index (χ2n) is 5.74. The zero-order valence-corrected chi connectivity index (χ0v) is 13.8. The smallest absolute Gasteiger partial charge is 0.119 e. The molecule has 1 aliphatic rings. The number of β-amino-alcohol motifs (C(OH)–C–C–N with tert-alkyl or cyclic N) is 1. The molecule has 1 aromatic carbocycles. The Morgan fingerprint density at radius 3 is 2.45 bits per heavy atom. The molecule has 20 heavy (non-hydrogen) atoms. The molecule has 2 rings (SSSR count). The molecule has 1 fully saturated rings. The average molecular weight is 342 g/mol. The molecule has 0 saturated carbocycles. The minimum atomic E-state index is -0.443. The number of piperidine rings is 1. The van der Waals surface area contributed by atoms with Gasteiger partial charge in [-0.05, 0) is 51.0 Å². The predicted octanol–water partition coefficient (Wildman–Crippen LogP) is 3.45. The van der Waals surface area contributed by atoms with Crippen molar-refractivity contribution in [3.63, 3.8) is 0 Å². The quantitative estimate of drug-likeness (QED) is 0.890. The molecule has 1 aliphatic heterocycles. The van der Waals surface area contributed by atoms with Crippen LogP contribution in [-0.4, -0.2) is 41.3 Å². The Bertz CT molecular complexity index is 399. The summed E-state index contributed by atoms with van der Waals surface area (Å²) in [6.07, 6.45) is 3.31. The fraction of sp³-hybridized carbons (Fsp3) is 0.625. The monoisotopic (exact) mass is 341 g/mol. The van der Waals surface area contributed by atoms with E-state index in [-0.39, 0.29) is 0 Å². The van der Waals surface area contributed by atoms with Crippen molar-refractivity contribution >= 4 is 15.9 Å². The highest BCUT2D eigenvalue weighted by molar-refractivity contribution is 9.10. The Morgan fingerprint density at radius 1 is 1.25 bits per heavy atom. The van der Waals surface area contributed by atoms with Gasteiger partial charge in [0.05, 0.1) is 0 Å². The highest BCUT2D eigenvalue weighted by Gasteiger charge is 2.26. The average Bonchev–Trinajstić information content (AvgIpc) is 2.42. The van der Waals surface area contributed by atoms with E-state index in [9.17, 15) is 5.11 Å². The standard InChI is InChI=1S/C16H24BrNO2/c1-12-4-3-5-13(2)18(12)10-15(19)11-20-16-8-6-14(17)7-9-16/h6-9,12-13,15,19H,3-5,10-11H2,1-2H3. The fourth-order valence-electron chi connectivity index (χ4n) is 2.85. The van der Waals surface area contributed by atoms with Crippen LogP contribution in [0, 0.1) is 0 Å². The van der Waals surface area contributed by atoms with Gasteiger partial charge in [0, 0.05) is 23.1 Å². The number of halogens is 1. The van der Waals surface area contributed by atoms with Crippen molar-refractivity contribution in [2.24, 2.45) is 0 Å². The van der Waals surface area contributed by atoms with E-state index in [0.29, 0.717) is 25.2 Å². The van der Waals surface area contributed by atoms with Crippen LogP contribution in [0.1, 0.15) is 33.1 Å². The molecular weight excluding hydrogens is 318 g/mol. The Hall–Kier alpha value is -0.580. The molecule has 0 aliphatic carbocycles. The summed E-state index contributed by atoms with van der Waals surface area (Å²) < 4.78 is 6.67. The third kappa shape index (κ3) is 4.47. The van der Waals surface area contributed by atoms with E-state index in [4.69, 9.17) is 4.74 Å². The van der Waals surface area contributed by atoms with E-state index in [0.717, 1.165) is 10.2 Å². The molecule has 0 radical (unpaired) electrons. The topological polar surface area (TPSA) is 32.7 Å². The number of hydrogen-bond acceptors (Lipinski definition) is 3. The molecule has 0 spiro atoms. The second kappa shape index (κ2) is 7.43. The van der Waals surface area contributed by atoms with Crippen molar-refractivity contribution in [3.8, 4) is 5.75 Å². The van der Waals surface area contributed by atoms with E-state index in [1.54, 1.807) is 0 Å². The molecule has 0 aromatic heterocycles. The number of nitrogens with zero attached hydrogens (tertiary/aromatic N) is 1. The van der Waals surface area contributed by atoms with Crippen molar-refractivity contribution in [1.29, 1.82) is 0 Å². The lowest BCUT2D eigenvalue weighted by Crippen LogP contribution is -2.48. The summed E-state index contributed by atoms with van der Waals surface area (Å²) in [5, 5.41) is 10.2. The van der Waals surface area contributed by atoms with Crippen LogP contribution in [0.15, 0.2) is 28.7 Å². The highest BCUT2D eigenvalue weighted by Crippen LogP contribution is 2.22. The molecule has 0 bridgehead atoms. The van der Waals surface area contributed by atoms with Crippen LogP contribution >= 0.6 is 15.9 Å². The van der Waals surface area contributed by atoms with Crippen LogP contribution in [0.3, 0.4) is 0 Å². The minimum Gasteiger partial charge on any atom is -0.491 e. The summed E-state index contributed by atoms with van der Waals surface area (Å²) in [5.74, 6) is 0.798. The van der Waals surface area contributed by atoms with Crippen LogP contribution in [0.5, 0.6) is 5.75 Å². The summed E-state index contributed by atoms with van der Waals surface area (Å²) in [5.41, 5.74) is 0. The van der Waals surface area contributed by atoms with Gasteiger partial charge in [-0.25, -0.2) is 0 Å². The molecule has 1 heterocycles. The third-order valence-corrected chi connectivity index (χ3v) is 4.58.